The molecule has 0 unspecified atom stereocenters. The van der Waals surface area contributed by atoms with E-state index >= 15 is 0 Å². The average molecular weight is 333 g/mol. The molecule has 25 heavy (non-hydrogen) atoms. The first-order chi connectivity index (χ1) is 12.3. The molecule has 124 valence electrons. The second-order valence-corrected chi connectivity index (χ2v) is 5.59. The highest BCUT2D eigenvalue weighted by Gasteiger charge is 2.16. The lowest BCUT2D eigenvalue weighted by atomic mass is 10.2. The number of pyridine rings is 1. The van der Waals surface area contributed by atoms with Crippen molar-refractivity contribution in [2.45, 2.75) is 6.42 Å². The van der Waals surface area contributed by atoms with E-state index in [1.165, 1.54) is 0 Å². The highest BCUT2D eigenvalue weighted by atomic mass is 16.5. The molecule has 0 aliphatic rings. The van der Waals surface area contributed by atoms with Gasteiger partial charge in [-0.15, -0.1) is 0 Å². The summed E-state index contributed by atoms with van der Waals surface area (Å²) >= 11 is 0. The number of hydrogen-bond donors (Lipinski definition) is 1. The number of aromatic nitrogens is 2. The fourth-order valence-corrected chi connectivity index (χ4v) is 2.56. The third-order valence-electron chi connectivity index (χ3n) is 3.86. The quantitative estimate of drug-likeness (QED) is 0.605. The van der Waals surface area contributed by atoms with Gasteiger partial charge < -0.3 is 14.3 Å². The van der Waals surface area contributed by atoms with Gasteiger partial charge in [-0.1, -0.05) is 23.4 Å². The van der Waals surface area contributed by atoms with E-state index < -0.39 is 0 Å². The molecule has 0 saturated carbocycles. The number of nitrogens with zero attached hydrogens (tertiary/aromatic N) is 2. The molecule has 6 heteroatoms. The molecular weight excluding hydrogens is 318 g/mol. The third-order valence-corrected chi connectivity index (χ3v) is 3.86. The largest absolute Gasteiger partial charge is 0.453 e. The van der Waals surface area contributed by atoms with Crippen LogP contribution in [0.1, 0.15) is 16.1 Å². The van der Waals surface area contributed by atoms with Crippen LogP contribution in [-0.2, 0) is 6.42 Å². The Bertz CT molecular complexity index is 972. The van der Waals surface area contributed by atoms with Crippen LogP contribution in [0.4, 0.5) is 0 Å². The van der Waals surface area contributed by atoms with Gasteiger partial charge in [-0.05, 0) is 36.2 Å². The van der Waals surface area contributed by atoms with Gasteiger partial charge >= 0.3 is 0 Å². The molecule has 1 amide bonds. The summed E-state index contributed by atoms with van der Waals surface area (Å²) in [6.07, 6.45) is 4.19. The van der Waals surface area contributed by atoms with Gasteiger partial charge in [-0.2, -0.15) is 0 Å². The average Bonchev–Trinajstić information content (AvgIpc) is 3.29. The molecule has 1 aromatic carbocycles. The highest BCUT2D eigenvalue weighted by Crippen LogP contribution is 2.28. The lowest BCUT2D eigenvalue weighted by Crippen LogP contribution is -2.25. The van der Waals surface area contributed by atoms with E-state index in [2.05, 4.69) is 15.5 Å². The number of benzene rings is 1. The van der Waals surface area contributed by atoms with E-state index in [1.54, 1.807) is 18.5 Å². The van der Waals surface area contributed by atoms with Gasteiger partial charge in [0, 0.05) is 30.4 Å². The van der Waals surface area contributed by atoms with Crippen LogP contribution in [0.3, 0.4) is 0 Å². The van der Waals surface area contributed by atoms with Crippen molar-refractivity contribution >= 4 is 16.9 Å². The summed E-state index contributed by atoms with van der Waals surface area (Å²) in [5.74, 6) is 0.695. The predicted octanol–water partition coefficient (Wildman–Crippen LogP) is 3.46. The number of amides is 1. The van der Waals surface area contributed by atoms with Crippen LogP contribution in [-0.4, -0.2) is 22.6 Å². The summed E-state index contributed by atoms with van der Waals surface area (Å²) in [6.45, 7) is 0.510. The molecule has 3 heterocycles. The molecule has 1 N–H and O–H groups in total. The topological polar surface area (TPSA) is 81.2 Å². The number of rotatable bonds is 5. The Morgan fingerprint density at radius 3 is 2.72 bits per heavy atom. The van der Waals surface area contributed by atoms with Gasteiger partial charge in [0.25, 0.3) is 5.91 Å². The minimum Gasteiger partial charge on any atom is -0.453 e. The molecule has 0 atom stereocenters. The van der Waals surface area contributed by atoms with Crippen LogP contribution in [0, 0.1) is 0 Å². The number of hydrogen-bond acceptors (Lipinski definition) is 5. The smallest absolute Gasteiger partial charge is 0.273 e. The van der Waals surface area contributed by atoms with Gasteiger partial charge in [0.15, 0.2) is 11.5 Å². The summed E-state index contributed by atoms with van der Waals surface area (Å²) in [5, 5.41) is 7.63. The van der Waals surface area contributed by atoms with Crippen LogP contribution in [0.15, 0.2) is 69.9 Å². The molecule has 0 aliphatic heterocycles. The van der Waals surface area contributed by atoms with Crippen LogP contribution >= 0.6 is 0 Å². The maximum absolute atomic E-state index is 12.2. The van der Waals surface area contributed by atoms with Crippen molar-refractivity contribution in [3.63, 3.8) is 0 Å². The van der Waals surface area contributed by atoms with Crippen LogP contribution in [0.2, 0.25) is 0 Å². The van der Waals surface area contributed by atoms with Crippen LogP contribution in [0.25, 0.3) is 22.5 Å². The molecule has 3 aromatic heterocycles. The fourth-order valence-electron chi connectivity index (χ4n) is 2.56. The van der Waals surface area contributed by atoms with Gasteiger partial charge in [0.1, 0.15) is 5.58 Å². The van der Waals surface area contributed by atoms with Crippen molar-refractivity contribution in [1.82, 2.24) is 15.5 Å². The van der Waals surface area contributed by atoms with Gasteiger partial charge in [-0.25, -0.2) is 0 Å². The van der Waals surface area contributed by atoms with Crippen molar-refractivity contribution in [3.8, 4) is 11.5 Å². The summed E-state index contributed by atoms with van der Waals surface area (Å²) in [5.41, 5.74) is 2.10. The summed E-state index contributed by atoms with van der Waals surface area (Å²) < 4.78 is 11.0. The van der Waals surface area contributed by atoms with Crippen molar-refractivity contribution in [2.75, 3.05) is 6.54 Å². The molecular formula is C19H15N3O3. The van der Waals surface area contributed by atoms with Gasteiger partial charge in [0.2, 0.25) is 5.76 Å². The number of carbonyl (C=O) groups excluding carboxylic acids is 1. The van der Waals surface area contributed by atoms with Crippen molar-refractivity contribution in [2.24, 2.45) is 0 Å². The van der Waals surface area contributed by atoms with Crippen molar-refractivity contribution in [1.29, 1.82) is 0 Å². The number of fused-ring (bicyclic) bond motifs is 1. The zero-order valence-electron chi connectivity index (χ0n) is 13.3. The molecule has 4 rings (SSSR count). The molecule has 0 bridgehead atoms. The predicted molar refractivity (Wildman–Crippen MR) is 92.0 cm³/mol. The Kier molecular flexibility index (Phi) is 4.00. The summed E-state index contributed by atoms with van der Waals surface area (Å²) in [4.78, 5) is 16.1. The molecule has 0 radical (unpaired) electrons. The van der Waals surface area contributed by atoms with E-state index in [-0.39, 0.29) is 11.6 Å². The van der Waals surface area contributed by atoms with E-state index in [1.807, 2.05) is 42.5 Å². The number of para-hydroxylation sites is 1. The molecule has 6 nitrogen and oxygen atoms in total. The second-order valence-electron chi connectivity index (χ2n) is 5.59. The standard InChI is InChI=1S/C19H15N3O3/c23-19(21-10-7-13-5-8-20-9-6-13)15-12-18(25-22-15)17-11-14-3-1-2-4-16(14)24-17/h1-6,8-9,11-12H,7,10H2,(H,21,23). The maximum atomic E-state index is 12.2. The minimum atomic E-state index is -0.278. The number of furan rings is 1. The summed E-state index contributed by atoms with van der Waals surface area (Å²) in [6, 6.07) is 14.9. The Morgan fingerprint density at radius 1 is 1.04 bits per heavy atom. The monoisotopic (exact) mass is 333 g/mol. The SMILES string of the molecule is O=C(NCCc1ccncc1)c1cc(-c2cc3ccccc3o2)on1. The first-order valence-corrected chi connectivity index (χ1v) is 7.92. The van der Waals surface area contributed by atoms with Gasteiger partial charge in [-0.3, -0.25) is 9.78 Å². The number of carbonyl (C=O) groups is 1. The Labute approximate surface area is 143 Å². The molecule has 0 saturated heterocycles. The second kappa shape index (κ2) is 6.60. The van der Waals surface area contributed by atoms with Crippen molar-refractivity contribution in [3.05, 3.63) is 72.2 Å². The fraction of sp³-hybridized carbons (Fsp3) is 0.105. The highest BCUT2D eigenvalue weighted by molar-refractivity contribution is 5.93. The molecule has 0 spiro atoms. The van der Waals surface area contributed by atoms with Crippen LogP contribution < -0.4 is 5.32 Å². The van der Waals surface area contributed by atoms with E-state index in [9.17, 15) is 4.79 Å². The molecule has 0 aliphatic carbocycles. The van der Waals surface area contributed by atoms with Crippen LogP contribution in [0.5, 0.6) is 0 Å². The lowest BCUT2D eigenvalue weighted by molar-refractivity contribution is 0.0945. The Morgan fingerprint density at radius 2 is 1.88 bits per heavy atom. The van der Waals surface area contributed by atoms with Gasteiger partial charge in [0.05, 0.1) is 0 Å². The third kappa shape index (κ3) is 3.28. The number of nitrogens with one attached hydrogen (secondary N) is 1. The first-order valence-electron chi connectivity index (χ1n) is 7.92. The first kappa shape index (κ1) is 15.1. The zero-order chi connectivity index (χ0) is 17.1. The molecule has 4 aromatic rings. The Balaban J connectivity index is 1.42. The summed E-state index contributed by atoms with van der Waals surface area (Å²) in [7, 11) is 0. The zero-order valence-corrected chi connectivity index (χ0v) is 13.3. The maximum Gasteiger partial charge on any atom is 0.273 e. The van der Waals surface area contributed by atoms with E-state index in [0.29, 0.717) is 18.1 Å². The Hall–Kier alpha value is -3.41. The van der Waals surface area contributed by atoms with E-state index in [4.69, 9.17) is 8.94 Å². The lowest BCUT2D eigenvalue weighted by Gasteiger charge is -2.02. The van der Waals surface area contributed by atoms with E-state index in [0.717, 1.165) is 23.0 Å². The normalized spacial score (nSPS) is 10.9. The van der Waals surface area contributed by atoms with Crippen molar-refractivity contribution < 1.29 is 13.7 Å². The molecule has 0 fully saturated rings. The minimum absolute atomic E-state index is 0.227.